The molecule has 0 bridgehead atoms. The van der Waals surface area contributed by atoms with E-state index in [2.05, 4.69) is 4.90 Å². The molecular weight excluding hydrogens is 203 g/mol. The second-order valence-electron chi connectivity index (χ2n) is 4.08. The summed E-state index contributed by atoms with van der Waals surface area (Å²) in [5.74, 6) is 0. The van der Waals surface area contributed by atoms with Gasteiger partial charge in [-0.2, -0.15) is 13.2 Å². The molecule has 88 valence electrons. The Bertz CT molecular complexity index is 214. The largest absolute Gasteiger partial charge is 0.412 e. The predicted molar refractivity (Wildman–Crippen MR) is 54.7 cm³/mol. The number of halogens is 3. The molecule has 1 nitrogen and oxygen atoms in total. The minimum Gasteiger partial charge on any atom is -0.303 e. The first kappa shape index (κ1) is 12.6. The van der Waals surface area contributed by atoms with Crippen molar-refractivity contribution in [3.05, 3.63) is 11.6 Å². The zero-order valence-electron chi connectivity index (χ0n) is 9.11. The molecule has 0 aliphatic carbocycles. The Labute approximate surface area is 88.9 Å². The van der Waals surface area contributed by atoms with Gasteiger partial charge >= 0.3 is 6.18 Å². The molecule has 0 unspecified atom stereocenters. The number of rotatable bonds is 3. The van der Waals surface area contributed by atoms with Crippen LogP contribution in [0.1, 0.15) is 32.6 Å². The first-order valence-electron chi connectivity index (χ1n) is 5.46. The maximum Gasteiger partial charge on any atom is 0.412 e. The van der Waals surface area contributed by atoms with E-state index < -0.39 is 11.7 Å². The van der Waals surface area contributed by atoms with Crippen molar-refractivity contribution in [2.24, 2.45) is 0 Å². The summed E-state index contributed by atoms with van der Waals surface area (Å²) in [6.45, 7) is 3.97. The molecule has 1 heterocycles. The van der Waals surface area contributed by atoms with Gasteiger partial charge in [0, 0.05) is 12.1 Å². The standard InChI is InChI=1S/C11H18F3N/c1-10(11(12,13)14)6-5-9-15-7-3-2-4-8-15/h6H,2-5,7-9H2,1H3/b10-6-. The van der Waals surface area contributed by atoms with Crippen LogP contribution in [0.4, 0.5) is 13.2 Å². The topological polar surface area (TPSA) is 3.24 Å². The first-order chi connectivity index (χ1) is 7.00. The fourth-order valence-corrected chi connectivity index (χ4v) is 1.76. The van der Waals surface area contributed by atoms with Crippen LogP contribution in [-0.4, -0.2) is 30.7 Å². The molecule has 0 amide bonds. The van der Waals surface area contributed by atoms with Gasteiger partial charge in [0.15, 0.2) is 0 Å². The highest BCUT2D eigenvalue weighted by Crippen LogP contribution is 2.25. The van der Waals surface area contributed by atoms with Crippen molar-refractivity contribution in [1.29, 1.82) is 0 Å². The third-order valence-corrected chi connectivity index (χ3v) is 2.79. The van der Waals surface area contributed by atoms with Crippen LogP contribution in [0.15, 0.2) is 11.6 Å². The van der Waals surface area contributed by atoms with Gasteiger partial charge in [-0.05, 0) is 39.3 Å². The lowest BCUT2D eigenvalue weighted by Crippen LogP contribution is -2.30. The lowest BCUT2D eigenvalue weighted by atomic mass is 10.1. The van der Waals surface area contributed by atoms with Crippen LogP contribution in [-0.2, 0) is 0 Å². The molecule has 0 radical (unpaired) electrons. The van der Waals surface area contributed by atoms with Crippen molar-refractivity contribution >= 4 is 0 Å². The third kappa shape index (κ3) is 4.69. The number of allylic oxidation sites excluding steroid dienone is 1. The van der Waals surface area contributed by atoms with Crippen molar-refractivity contribution in [3.8, 4) is 0 Å². The molecule has 0 aromatic heterocycles. The van der Waals surface area contributed by atoms with Crippen LogP contribution in [0.3, 0.4) is 0 Å². The van der Waals surface area contributed by atoms with E-state index in [4.69, 9.17) is 0 Å². The minimum atomic E-state index is -4.15. The summed E-state index contributed by atoms with van der Waals surface area (Å²) in [7, 11) is 0. The van der Waals surface area contributed by atoms with Gasteiger partial charge in [0.2, 0.25) is 0 Å². The molecule has 4 heteroatoms. The van der Waals surface area contributed by atoms with Gasteiger partial charge in [0.05, 0.1) is 0 Å². The maximum absolute atomic E-state index is 12.1. The van der Waals surface area contributed by atoms with E-state index in [0.29, 0.717) is 6.42 Å². The summed E-state index contributed by atoms with van der Waals surface area (Å²) < 4.78 is 36.4. The first-order valence-corrected chi connectivity index (χ1v) is 5.46. The van der Waals surface area contributed by atoms with Crippen molar-refractivity contribution in [2.75, 3.05) is 19.6 Å². The summed E-state index contributed by atoms with van der Waals surface area (Å²) in [5, 5.41) is 0. The molecule has 0 spiro atoms. The second kappa shape index (κ2) is 5.54. The van der Waals surface area contributed by atoms with Gasteiger partial charge in [-0.1, -0.05) is 12.5 Å². The molecular formula is C11H18F3N. The molecule has 0 atom stereocenters. The van der Waals surface area contributed by atoms with Gasteiger partial charge in [0.1, 0.15) is 0 Å². The fraction of sp³-hybridized carbons (Fsp3) is 0.818. The van der Waals surface area contributed by atoms with E-state index in [-0.39, 0.29) is 0 Å². The van der Waals surface area contributed by atoms with Crippen LogP contribution in [0.2, 0.25) is 0 Å². The molecule has 0 aromatic carbocycles. The summed E-state index contributed by atoms with van der Waals surface area (Å²) >= 11 is 0. The highest BCUT2D eigenvalue weighted by Gasteiger charge is 2.29. The Hall–Kier alpha value is -0.510. The Morgan fingerprint density at radius 1 is 1.20 bits per heavy atom. The average Bonchev–Trinajstić information content (AvgIpc) is 2.18. The molecule has 15 heavy (non-hydrogen) atoms. The number of nitrogens with zero attached hydrogens (tertiary/aromatic N) is 1. The van der Waals surface area contributed by atoms with Gasteiger partial charge < -0.3 is 4.90 Å². The Morgan fingerprint density at radius 2 is 1.80 bits per heavy atom. The molecule has 0 aromatic rings. The van der Waals surface area contributed by atoms with Crippen LogP contribution in [0, 0.1) is 0 Å². The van der Waals surface area contributed by atoms with Gasteiger partial charge in [-0.15, -0.1) is 0 Å². The number of piperidine rings is 1. The van der Waals surface area contributed by atoms with Gasteiger partial charge in [-0.3, -0.25) is 0 Å². The summed E-state index contributed by atoms with van der Waals surface area (Å²) in [5.41, 5.74) is -0.473. The van der Waals surface area contributed by atoms with Crippen molar-refractivity contribution in [2.45, 2.75) is 38.8 Å². The minimum absolute atomic E-state index is 0.473. The summed E-state index contributed by atoms with van der Waals surface area (Å²) in [6.07, 6.45) is 1.28. The molecule has 0 saturated carbocycles. The van der Waals surface area contributed by atoms with Crippen LogP contribution < -0.4 is 0 Å². The van der Waals surface area contributed by atoms with Gasteiger partial charge in [-0.25, -0.2) is 0 Å². The molecule has 1 fully saturated rings. The third-order valence-electron chi connectivity index (χ3n) is 2.79. The van der Waals surface area contributed by atoms with E-state index in [9.17, 15) is 13.2 Å². The molecule has 1 aliphatic heterocycles. The van der Waals surface area contributed by atoms with Gasteiger partial charge in [0.25, 0.3) is 0 Å². The van der Waals surface area contributed by atoms with E-state index in [1.54, 1.807) is 0 Å². The number of likely N-dealkylation sites (tertiary alicyclic amines) is 1. The lowest BCUT2D eigenvalue weighted by molar-refractivity contribution is -0.0916. The van der Waals surface area contributed by atoms with Crippen molar-refractivity contribution in [1.82, 2.24) is 4.90 Å². The zero-order chi connectivity index (χ0) is 11.3. The quantitative estimate of drug-likeness (QED) is 0.660. The molecule has 1 rings (SSSR count). The van der Waals surface area contributed by atoms with E-state index >= 15 is 0 Å². The highest BCUT2D eigenvalue weighted by atomic mass is 19.4. The predicted octanol–water partition coefficient (Wildman–Crippen LogP) is 3.37. The Balaban J connectivity index is 2.25. The average molecular weight is 221 g/mol. The summed E-state index contributed by atoms with van der Waals surface area (Å²) in [4.78, 5) is 2.24. The van der Waals surface area contributed by atoms with Crippen LogP contribution in [0.5, 0.6) is 0 Å². The number of hydrogen-bond acceptors (Lipinski definition) is 1. The maximum atomic E-state index is 12.1. The molecule has 0 N–H and O–H groups in total. The number of hydrogen-bond donors (Lipinski definition) is 0. The van der Waals surface area contributed by atoms with E-state index in [0.717, 1.165) is 26.6 Å². The molecule has 1 aliphatic rings. The summed E-state index contributed by atoms with van der Waals surface area (Å²) in [6, 6.07) is 0. The monoisotopic (exact) mass is 221 g/mol. The van der Waals surface area contributed by atoms with E-state index in [1.165, 1.54) is 25.3 Å². The van der Waals surface area contributed by atoms with Crippen molar-refractivity contribution < 1.29 is 13.2 Å². The lowest BCUT2D eigenvalue weighted by Gasteiger charge is -2.25. The smallest absolute Gasteiger partial charge is 0.303 e. The molecule has 1 saturated heterocycles. The Morgan fingerprint density at radius 3 is 2.33 bits per heavy atom. The number of alkyl halides is 3. The Kier molecular flexibility index (Phi) is 4.64. The normalized spacial score (nSPS) is 20.7. The SMILES string of the molecule is C/C(=C/CCN1CCCCC1)C(F)(F)F. The van der Waals surface area contributed by atoms with E-state index in [1.807, 2.05) is 0 Å². The zero-order valence-corrected chi connectivity index (χ0v) is 9.11. The van der Waals surface area contributed by atoms with Crippen molar-refractivity contribution in [3.63, 3.8) is 0 Å². The second-order valence-corrected chi connectivity index (χ2v) is 4.08. The van der Waals surface area contributed by atoms with Crippen LogP contribution >= 0.6 is 0 Å². The van der Waals surface area contributed by atoms with Crippen LogP contribution in [0.25, 0.3) is 0 Å². The fourth-order valence-electron chi connectivity index (χ4n) is 1.76. The highest BCUT2D eigenvalue weighted by molar-refractivity contribution is 5.05.